The molecule has 0 aliphatic rings. The lowest BCUT2D eigenvalue weighted by molar-refractivity contribution is 0.320. The summed E-state index contributed by atoms with van der Waals surface area (Å²) in [6.07, 6.45) is 10.3. The quantitative estimate of drug-likeness (QED) is 0.482. The Labute approximate surface area is 90.8 Å². The van der Waals surface area contributed by atoms with Crippen LogP contribution in [0.25, 0.3) is 0 Å². The molecule has 0 saturated carbocycles. The van der Waals surface area contributed by atoms with Gasteiger partial charge in [0, 0.05) is 0 Å². The minimum atomic E-state index is 0.473. The second-order valence-corrected chi connectivity index (χ2v) is 4.71. The summed E-state index contributed by atoms with van der Waals surface area (Å²) >= 11 is 0. The first kappa shape index (κ1) is 13.7. The van der Waals surface area contributed by atoms with E-state index < -0.39 is 0 Å². The van der Waals surface area contributed by atoms with Crippen LogP contribution in [0.5, 0.6) is 0 Å². The van der Waals surface area contributed by atoms with Crippen molar-refractivity contribution < 1.29 is 0 Å². The van der Waals surface area contributed by atoms with Crippen molar-refractivity contribution in [2.24, 2.45) is 5.41 Å². The first-order valence-electron chi connectivity index (χ1n) is 6.28. The monoisotopic (exact) mass is 196 g/mol. The summed E-state index contributed by atoms with van der Waals surface area (Å²) in [4.78, 5) is 0. The highest BCUT2D eigenvalue weighted by Gasteiger charge is 2.23. The molecule has 0 aromatic carbocycles. The molecule has 0 amide bonds. The zero-order valence-electron chi connectivity index (χ0n) is 10.8. The second kappa shape index (κ2) is 7.09. The molecule has 1 unspecified atom stereocenters. The van der Waals surface area contributed by atoms with E-state index in [1.54, 1.807) is 5.57 Å². The highest BCUT2D eigenvalue weighted by molar-refractivity contribution is 5.10. The van der Waals surface area contributed by atoms with Gasteiger partial charge in [-0.2, -0.15) is 0 Å². The lowest BCUT2D eigenvalue weighted by atomic mass is 9.75. The van der Waals surface area contributed by atoms with Crippen molar-refractivity contribution in [1.82, 2.24) is 0 Å². The molecular formula is C14H28. The Morgan fingerprint density at radius 2 is 1.71 bits per heavy atom. The van der Waals surface area contributed by atoms with Crippen LogP contribution in [0.15, 0.2) is 11.6 Å². The molecule has 0 N–H and O–H groups in total. The molecule has 0 nitrogen and oxygen atoms in total. The van der Waals surface area contributed by atoms with E-state index in [0.717, 1.165) is 0 Å². The lowest BCUT2D eigenvalue weighted by Crippen LogP contribution is -2.17. The van der Waals surface area contributed by atoms with E-state index in [1.807, 2.05) is 0 Å². The summed E-state index contributed by atoms with van der Waals surface area (Å²) in [6.45, 7) is 11.6. The maximum Gasteiger partial charge on any atom is -0.0119 e. The fourth-order valence-corrected chi connectivity index (χ4v) is 2.19. The predicted molar refractivity (Wildman–Crippen MR) is 66.6 cm³/mol. The van der Waals surface area contributed by atoms with E-state index >= 15 is 0 Å². The Balaban J connectivity index is 4.43. The smallest absolute Gasteiger partial charge is 0.0119 e. The molecule has 0 radical (unpaired) electrons. The molecule has 0 saturated heterocycles. The molecule has 0 heteroatoms. The van der Waals surface area contributed by atoms with E-state index in [1.165, 1.54) is 38.5 Å². The molecular weight excluding hydrogens is 168 g/mol. The van der Waals surface area contributed by atoms with Crippen LogP contribution >= 0.6 is 0 Å². The van der Waals surface area contributed by atoms with E-state index in [0.29, 0.717) is 5.41 Å². The Bertz CT molecular complexity index is 167. The Kier molecular flexibility index (Phi) is 6.96. The number of rotatable bonds is 7. The van der Waals surface area contributed by atoms with Crippen molar-refractivity contribution in [3.63, 3.8) is 0 Å². The van der Waals surface area contributed by atoms with Gasteiger partial charge in [0.05, 0.1) is 0 Å². The highest BCUT2D eigenvalue weighted by Crippen LogP contribution is 2.37. The number of hydrogen-bond donors (Lipinski definition) is 0. The first-order chi connectivity index (χ1) is 6.60. The van der Waals surface area contributed by atoms with Gasteiger partial charge < -0.3 is 0 Å². The van der Waals surface area contributed by atoms with Crippen LogP contribution in [0.1, 0.15) is 73.1 Å². The minimum Gasteiger partial charge on any atom is -0.0853 e. The van der Waals surface area contributed by atoms with Gasteiger partial charge >= 0.3 is 0 Å². The van der Waals surface area contributed by atoms with Crippen LogP contribution < -0.4 is 0 Å². The van der Waals surface area contributed by atoms with Crippen LogP contribution in [-0.2, 0) is 0 Å². The third-order valence-electron chi connectivity index (χ3n) is 3.35. The molecule has 1 atom stereocenters. The zero-order valence-corrected chi connectivity index (χ0v) is 10.8. The average molecular weight is 196 g/mol. The Morgan fingerprint density at radius 3 is 2.14 bits per heavy atom. The van der Waals surface area contributed by atoms with Crippen molar-refractivity contribution in [1.29, 1.82) is 0 Å². The van der Waals surface area contributed by atoms with Gasteiger partial charge in [-0.15, -0.1) is 0 Å². The molecule has 0 spiro atoms. The molecule has 84 valence electrons. The van der Waals surface area contributed by atoms with E-state index in [4.69, 9.17) is 0 Å². The van der Waals surface area contributed by atoms with Crippen LogP contribution in [0.2, 0.25) is 0 Å². The third-order valence-corrected chi connectivity index (χ3v) is 3.35. The Morgan fingerprint density at radius 1 is 1.07 bits per heavy atom. The van der Waals surface area contributed by atoms with Crippen molar-refractivity contribution in [2.75, 3.05) is 0 Å². The molecule has 14 heavy (non-hydrogen) atoms. The van der Waals surface area contributed by atoms with E-state index in [9.17, 15) is 0 Å². The molecule has 0 aliphatic carbocycles. The number of allylic oxidation sites excluding steroid dienone is 2. The summed E-state index contributed by atoms with van der Waals surface area (Å²) in [6, 6.07) is 0. The SMILES string of the molecule is CCC=C(C)C(C)(CCC)CCCC. The van der Waals surface area contributed by atoms with Gasteiger partial charge in [0.2, 0.25) is 0 Å². The fraction of sp³-hybridized carbons (Fsp3) is 0.857. The summed E-state index contributed by atoms with van der Waals surface area (Å²) in [5, 5.41) is 0. The van der Waals surface area contributed by atoms with Gasteiger partial charge in [0.1, 0.15) is 0 Å². The van der Waals surface area contributed by atoms with Crippen molar-refractivity contribution in [2.45, 2.75) is 73.1 Å². The third kappa shape index (κ3) is 4.30. The average Bonchev–Trinajstić information content (AvgIpc) is 2.15. The van der Waals surface area contributed by atoms with Gasteiger partial charge in [-0.3, -0.25) is 0 Å². The predicted octanol–water partition coefficient (Wildman–Crippen LogP) is 5.34. The number of hydrogen-bond acceptors (Lipinski definition) is 0. The fourth-order valence-electron chi connectivity index (χ4n) is 2.19. The Hall–Kier alpha value is -0.260. The minimum absolute atomic E-state index is 0.473. The van der Waals surface area contributed by atoms with Crippen LogP contribution in [0.3, 0.4) is 0 Å². The van der Waals surface area contributed by atoms with E-state index in [2.05, 4.69) is 40.7 Å². The van der Waals surface area contributed by atoms with Gasteiger partial charge in [0.15, 0.2) is 0 Å². The van der Waals surface area contributed by atoms with Gasteiger partial charge in [-0.05, 0) is 31.6 Å². The van der Waals surface area contributed by atoms with Crippen molar-refractivity contribution in [3.05, 3.63) is 11.6 Å². The molecule has 0 bridgehead atoms. The summed E-state index contributed by atoms with van der Waals surface area (Å²) in [7, 11) is 0. The molecule has 0 aromatic rings. The maximum atomic E-state index is 2.44. The van der Waals surface area contributed by atoms with Gasteiger partial charge in [-0.25, -0.2) is 0 Å². The van der Waals surface area contributed by atoms with Crippen molar-refractivity contribution in [3.8, 4) is 0 Å². The van der Waals surface area contributed by atoms with Crippen LogP contribution in [-0.4, -0.2) is 0 Å². The molecule has 0 aliphatic heterocycles. The topological polar surface area (TPSA) is 0 Å². The maximum absolute atomic E-state index is 2.44. The first-order valence-corrected chi connectivity index (χ1v) is 6.28. The number of unbranched alkanes of at least 4 members (excludes halogenated alkanes) is 1. The molecule has 0 aromatic heterocycles. The van der Waals surface area contributed by atoms with Gasteiger partial charge in [-0.1, -0.05) is 58.6 Å². The van der Waals surface area contributed by atoms with Crippen LogP contribution in [0.4, 0.5) is 0 Å². The van der Waals surface area contributed by atoms with Crippen LogP contribution in [0, 0.1) is 5.41 Å². The molecule has 0 fully saturated rings. The van der Waals surface area contributed by atoms with Crippen molar-refractivity contribution >= 4 is 0 Å². The van der Waals surface area contributed by atoms with Gasteiger partial charge in [0.25, 0.3) is 0 Å². The summed E-state index contributed by atoms with van der Waals surface area (Å²) < 4.78 is 0. The normalized spacial score (nSPS) is 16.8. The standard InChI is InChI=1S/C14H28/c1-6-9-12-14(5,11-8-3)13(4)10-7-2/h10H,6-9,11-12H2,1-5H3. The summed E-state index contributed by atoms with van der Waals surface area (Å²) in [5.41, 5.74) is 2.08. The second-order valence-electron chi connectivity index (χ2n) is 4.71. The summed E-state index contributed by atoms with van der Waals surface area (Å²) in [5.74, 6) is 0. The van der Waals surface area contributed by atoms with E-state index in [-0.39, 0.29) is 0 Å². The zero-order chi connectivity index (χ0) is 11.0. The lowest BCUT2D eigenvalue weighted by Gasteiger charge is -2.31. The highest BCUT2D eigenvalue weighted by atomic mass is 14.3. The molecule has 0 rings (SSSR count). The largest absolute Gasteiger partial charge is 0.0853 e. The molecule has 0 heterocycles.